The van der Waals surface area contributed by atoms with Gasteiger partial charge in [-0.1, -0.05) is 0 Å². The molecule has 0 bridgehead atoms. The van der Waals surface area contributed by atoms with Crippen LogP contribution >= 0.6 is 15.9 Å². The molecule has 0 unspecified atom stereocenters. The van der Waals surface area contributed by atoms with Gasteiger partial charge in [0.2, 0.25) is 0 Å². The summed E-state index contributed by atoms with van der Waals surface area (Å²) in [7, 11) is 0. The van der Waals surface area contributed by atoms with Gasteiger partial charge in [0, 0.05) is 6.20 Å². The van der Waals surface area contributed by atoms with Gasteiger partial charge in [-0.05, 0) is 22.9 Å². The number of rotatable bonds is 2. The van der Waals surface area contributed by atoms with Crippen LogP contribution in [0.2, 0.25) is 0 Å². The number of aromatic nitrogens is 1. The Balaban J connectivity index is 2.45. The van der Waals surface area contributed by atoms with E-state index in [9.17, 15) is 4.79 Å². The van der Waals surface area contributed by atoms with Gasteiger partial charge in [0.25, 0.3) is 5.88 Å². The van der Waals surface area contributed by atoms with Crippen molar-refractivity contribution in [3.8, 4) is 11.6 Å². The fraction of sp³-hybridized carbons (Fsp3) is 0.400. The van der Waals surface area contributed by atoms with Gasteiger partial charge in [-0.15, -0.1) is 0 Å². The van der Waals surface area contributed by atoms with Crippen molar-refractivity contribution in [3.05, 3.63) is 16.2 Å². The molecule has 0 spiro atoms. The predicted octanol–water partition coefficient (Wildman–Crippen LogP) is 1.79. The number of carbonyl (C=O) groups is 1. The van der Waals surface area contributed by atoms with Crippen molar-refractivity contribution in [2.45, 2.75) is 6.92 Å². The highest BCUT2D eigenvalue weighted by atomic mass is 79.9. The number of nitrogens with zero attached hydrogens (tertiary/aromatic N) is 1. The van der Waals surface area contributed by atoms with Crippen LogP contribution in [0.4, 0.5) is 0 Å². The maximum absolute atomic E-state index is 11.7. The summed E-state index contributed by atoms with van der Waals surface area (Å²) in [6.45, 7) is 2.89. The van der Waals surface area contributed by atoms with Crippen LogP contribution in [0.5, 0.6) is 11.6 Å². The number of carbonyl (C=O) groups excluding carboxylic acids is 1. The lowest BCUT2D eigenvalue weighted by Crippen LogP contribution is -2.19. The van der Waals surface area contributed by atoms with E-state index >= 15 is 0 Å². The van der Waals surface area contributed by atoms with Crippen molar-refractivity contribution in [1.82, 2.24) is 4.98 Å². The molecule has 0 saturated carbocycles. The largest absolute Gasteiger partial charge is 0.484 e. The van der Waals surface area contributed by atoms with Gasteiger partial charge in [0.1, 0.15) is 18.8 Å². The average molecular weight is 288 g/mol. The Bertz CT molecular complexity index is 422. The van der Waals surface area contributed by atoms with E-state index in [-0.39, 0.29) is 0 Å². The Morgan fingerprint density at radius 2 is 2.31 bits per heavy atom. The van der Waals surface area contributed by atoms with Gasteiger partial charge >= 0.3 is 5.97 Å². The summed E-state index contributed by atoms with van der Waals surface area (Å²) in [4.78, 5) is 15.7. The van der Waals surface area contributed by atoms with E-state index in [4.69, 9.17) is 14.2 Å². The number of hydrogen-bond donors (Lipinski definition) is 0. The molecule has 0 N–H and O–H groups in total. The maximum Gasteiger partial charge on any atom is 0.343 e. The molecule has 2 rings (SSSR count). The lowest BCUT2D eigenvalue weighted by molar-refractivity contribution is 0.0514. The highest BCUT2D eigenvalue weighted by Crippen LogP contribution is 2.36. The Morgan fingerprint density at radius 1 is 1.56 bits per heavy atom. The van der Waals surface area contributed by atoms with Crippen LogP contribution in [-0.2, 0) is 4.74 Å². The van der Waals surface area contributed by atoms with Gasteiger partial charge in [-0.2, -0.15) is 0 Å². The Labute approximate surface area is 101 Å². The molecule has 0 fully saturated rings. The van der Waals surface area contributed by atoms with E-state index in [0.29, 0.717) is 41.5 Å². The summed E-state index contributed by atoms with van der Waals surface area (Å²) in [6, 6.07) is 0. The van der Waals surface area contributed by atoms with Crippen molar-refractivity contribution >= 4 is 21.9 Å². The lowest BCUT2D eigenvalue weighted by atomic mass is 10.2. The molecule has 1 aliphatic heterocycles. The first-order valence-corrected chi connectivity index (χ1v) is 5.64. The minimum Gasteiger partial charge on any atom is -0.484 e. The molecule has 16 heavy (non-hydrogen) atoms. The summed E-state index contributed by atoms with van der Waals surface area (Å²) in [6.07, 6.45) is 1.50. The first kappa shape index (κ1) is 11.2. The van der Waals surface area contributed by atoms with Gasteiger partial charge in [0.15, 0.2) is 5.75 Å². The second-order valence-corrected chi connectivity index (χ2v) is 3.89. The van der Waals surface area contributed by atoms with Gasteiger partial charge < -0.3 is 14.2 Å². The first-order chi connectivity index (χ1) is 7.74. The summed E-state index contributed by atoms with van der Waals surface area (Å²) < 4.78 is 16.1. The number of ether oxygens (including phenoxy) is 3. The number of fused-ring (bicyclic) bond motifs is 1. The van der Waals surface area contributed by atoms with Crippen molar-refractivity contribution in [3.63, 3.8) is 0 Å². The molecule has 2 heterocycles. The number of esters is 1. The van der Waals surface area contributed by atoms with Crippen LogP contribution in [0, 0.1) is 0 Å². The molecule has 0 saturated heterocycles. The smallest absolute Gasteiger partial charge is 0.343 e. The first-order valence-electron chi connectivity index (χ1n) is 4.85. The molecule has 0 radical (unpaired) electrons. The van der Waals surface area contributed by atoms with Crippen molar-refractivity contribution < 1.29 is 19.0 Å². The molecule has 0 amide bonds. The van der Waals surface area contributed by atoms with Crippen molar-refractivity contribution in [2.24, 2.45) is 0 Å². The van der Waals surface area contributed by atoms with Gasteiger partial charge in [0.05, 0.1) is 11.1 Å². The van der Waals surface area contributed by atoms with Gasteiger partial charge in [-0.3, -0.25) is 0 Å². The van der Waals surface area contributed by atoms with Crippen LogP contribution in [0.15, 0.2) is 10.7 Å². The molecular weight excluding hydrogens is 278 g/mol. The van der Waals surface area contributed by atoms with Crippen molar-refractivity contribution in [1.29, 1.82) is 0 Å². The fourth-order valence-corrected chi connectivity index (χ4v) is 1.81. The van der Waals surface area contributed by atoms with E-state index in [2.05, 4.69) is 20.9 Å². The zero-order valence-corrected chi connectivity index (χ0v) is 10.2. The molecule has 0 aliphatic carbocycles. The molecule has 0 aromatic carbocycles. The topological polar surface area (TPSA) is 57.7 Å². The second kappa shape index (κ2) is 4.69. The molecule has 1 aromatic heterocycles. The third-order valence-electron chi connectivity index (χ3n) is 2.00. The standard InChI is InChI=1S/C10H10BrNO4/c1-2-14-10(13)7-6(11)5-12-9-8(7)15-3-4-16-9/h5H,2-4H2,1H3. The zero-order chi connectivity index (χ0) is 11.5. The summed E-state index contributed by atoms with van der Waals surface area (Å²) in [5.74, 6) is 0.232. The summed E-state index contributed by atoms with van der Waals surface area (Å²) >= 11 is 3.25. The lowest BCUT2D eigenvalue weighted by Gasteiger charge is -2.19. The van der Waals surface area contributed by atoms with Crippen LogP contribution in [0.3, 0.4) is 0 Å². The SMILES string of the molecule is CCOC(=O)c1c(Br)cnc2c1OCCO2. The molecule has 5 nitrogen and oxygen atoms in total. The summed E-state index contributed by atoms with van der Waals surface area (Å²) in [5.41, 5.74) is 0.326. The van der Waals surface area contributed by atoms with Crippen molar-refractivity contribution in [2.75, 3.05) is 19.8 Å². The fourth-order valence-electron chi connectivity index (χ4n) is 1.37. The highest BCUT2D eigenvalue weighted by molar-refractivity contribution is 9.10. The predicted molar refractivity (Wildman–Crippen MR) is 58.9 cm³/mol. The van der Waals surface area contributed by atoms with E-state index < -0.39 is 5.97 Å². The zero-order valence-electron chi connectivity index (χ0n) is 8.66. The Kier molecular flexibility index (Phi) is 3.28. The minimum absolute atomic E-state index is 0.309. The molecule has 86 valence electrons. The van der Waals surface area contributed by atoms with Crippen LogP contribution in [0.1, 0.15) is 17.3 Å². The third-order valence-corrected chi connectivity index (χ3v) is 2.60. The number of pyridine rings is 1. The van der Waals surface area contributed by atoms with Crippen LogP contribution in [-0.4, -0.2) is 30.8 Å². The maximum atomic E-state index is 11.7. The third kappa shape index (κ3) is 1.97. The Morgan fingerprint density at radius 3 is 3.06 bits per heavy atom. The van der Waals surface area contributed by atoms with Crippen LogP contribution in [0.25, 0.3) is 0 Å². The molecule has 6 heteroatoms. The molecule has 1 aromatic rings. The molecule has 0 atom stereocenters. The monoisotopic (exact) mass is 287 g/mol. The molecule has 1 aliphatic rings. The highest BCUT2D eigenvalue weighted by Gasteiger charge is 2.25. The van der Waals surface area contributed by atoms with E-state index in [0.717, 1.165) is 0 Å². The van der Waals surface area contributed by atoms with E-state index in [1.165, 1.54) is 6.20 Å². The number of halogens is 1. The minimum atomic E-state index is -0.446. The van der Waals surface area contributed by atoms with E-state index in [1.54, 1.807) is 6.92 Å². The quantitative estimate of drug-likeness (QED) is 0.776. The second-order valence-electron chi connectivity index (χ2n) is 3.03. The summed E-state index contributed by atoms with van der Waals surface area (Å²) in [5, 5.41) is 0. The van der Waals surface area contributed by atoms with E-state index in [1.807, 2.05) is 0 Å². The number of hydrogen-bond acceptors (Lipinski definition) is 5. The van der Waals surface area contributed by atoms with Crippen LogP contribution < -0.4 is 9.47 Å². The van der Waals surface area contributed by atoms with Gasteiger partial charge in [-0.25, -0.2) is 9.78 Å². The average Bonchev–Trinajstić information content (AvgIpc) is 2.29. The Hall–Kier alpha value is -1.30. The normalized spacial score (nSPS) is 13.4. The molecular formula is C10H10BrNO4.